The first-order chi connectivity index (χ1) is 14.9. The Hall–Kier alpha value is -3.34. The molecule has 0 fully saturated rings. The molecule has 0 aliphatic heterocycles. The van der Waals surface area contributed by atoms with Gasteiger partial charge in [0.2, 0.25) is 0 Å². The first kappa shape index (κ1) is 22.3. The Bertz CT molecular complexity index is 1160. The average molecular weight is 534 g/mol. The van der Waals surface area contributed by atoms with Crippen molar-refractivity contribution in [3.8, 4) is 17.2 Å². The van der Waals surface area contributed by atoms with Crippen molar-refractivity contribution in [2.45, 2.75) is 0 Å². The van der Waals surface area contributed by atoms with Gasteiger partial charge in [-0.2, -0.15) is 5.10 Å². The van der Waals surface area contributed by atoms with Gasteiger partial charge in [-0.15, -0.1) is 0 Å². The highest BCUT2D eigenvalue weighted by atomic mass is 127. The average Bonchev–Trinajstić information content (AvgIpc) is 2.76. The topological polar surface area (TPSA) is 106 Å². The van der Waals surface area contributed by atoms with Crippen LogP contribution in [0.1, 0.15) is 15.9 Å². The summed E-state index contributed by atoms with van der Waals surface area (Å²) < 4.78 is 16.5. The first-order valence-electron chi connectivity index (χ1n) is 9.05. The van der Waals surface area contributed by atoms with Gasteiger partial charge in [-0.25, -0.2) is 10.2 Å². The minimum Gasteiger partial charge on any atom is -0.496 e. The monoisotopic (exact) mass is 534 g/mol. The van der Waals surface area contributed by atoms with Gasteiger partial charge >= 0.3 is 5.97 Å². The van der Waals surface area contributed by atoms with Crippen molar-refractivity contribution >= 4 is 51.5 Å². The lowest BCUT2D eigenvalue weighted by Gasteiger charge is -2.12. The van der Waals surface area contributed by atoms with Gasteiger partial charge in [0.25, 0.3) is 5.91 Å². The zero-order chi connectivity index (χ0) is 22.4. The Morgan fingerprint density at radius 1 is 1.06 bits per heavy atom. The molecule has 0 saturated heterocycles. The third kappa shape index (κ3) is 5.43. The summed E-state index contributed by atoms with van der Waals surface area (Å²) in [5, 5.41) is 14.7. The van der Waals surface area contributed by atoms with Crippen molar-refractivity contribution in [1.82, 2.24) is 5.43 Å². The molecule has 3 aromatic carbocycles. The number of hydrogen-bond donors (Lipinski definition) is 2. The molecule has 0 saturated carbocycles. The van der Waals surface area contributed by atoms with E-state index in [-0.39, 0.29) is 0 Å². The van der Waals surface area contributed by atoms with E-state index in [2.05, 4.69) is 10.5 Å². The summed E-state index contributed by atoms with van der Waals surface area (Å²) in [4.78, 5) is 23.4. The first-order valence-corrected chi connectivity index (χ1v) is 10.1. The van der Waals surface area contributed by atoms with Gasteiger partial charge in [0.05, 0.1) is 29.6 Å². The van der Waals surface area contributed by atoms with E-state index in [4.69, 9.17) is 19.3 Å². The number of methoxy groups -OCH3 is 2. The molecule has 3 rings (SSSR count). The van der Waals surface area contributed by atoms with Crippen LogP contribution in [0, 0.1) is 3.57 Å². The smallest absolute Gasteiger partial charge is 0.341 e. The highest BCUT2D eigenvalue weighted by Gasteiger charge is 2.14. The molecule has 3 aromatic rings. The Labute approximate surface area is 191 Å². The Morgan fingerprint density at radius 2 is 1.74 bits per heavy atom. The van der Waals surface area contributed by atoms with Gasteiger partial charge in [-0.05, 0) is 63.2 Å². The van der Waals surface area contributed by atoms with Crippen LogP contribution < -0.4 is 19.6 Å². The summed E-state index contributed by atoms with van der Waals surface area (Å²) >= 11 is 2.01. The van der Waals surface area contributed by atoms with Crippen LogP contribution in [0.2, 0.25) is 0 Å². The molecule has 0 heterocycles. The molecule has 2 N–H and O–H groups in total. The van der Waals surface area contributed by atoms with Crippen LogP contribution in [-0.4, -0.2) is 44.0 Å². The van der Waals surface area contributed by atoms with E-state index >= 15 is 0 Å². The maximum atomic E-state index is 12.6. The van der Waals surface area contributed by atoms with Gasteiger partial charge in [-0.3, -0.25) is 4.79 Å². The fourth-order valence-electron chi connectivity index (χ4n) is 2.88. The molecule has 0 aliphatic rings. The Kier molecular flexibility index (Phi) is 7.29. The third-order valence-electron chi connectivity index (χ3n) is 4.28. The molecule has 0 aliphatic carbocycles. The van der Waals surface area contributed by atoms with Crippen LogP contribution in [0.25, 0.3) is 10.8 Å². The molecule has 0 unspecified atom stereocenters. The number of ether oxygens (including phenoxy) is 3. The molecule has 160 valence electrons. The maximum Gasteiger partial charge on any atom is 0.341 e. The largest absolute Gasteiger partial charge is 0.496 e. The van der Waals surface area contributed by atoms with Gasteiger partial charge in [0, 0.05) is 0 Å². The lowest BCUT2D eigenvalue weighted by Crippen LogP contribution is -2.18. The van der Waals surface area contributed by atoms with Crippen molar-refractivity contribution in [2.24, 2.45) is 5.10 Å². The van der Waals surface area contributed by atoms with Crippen molar-refractivity contribution in [2.75, 3.05) is 20.8 Å². The molecule has 0 atom stereocenters. The van der Waals surface area contributed by atoms with E-state index < -0.39 is 18.5 Å². The summed E-state index contributed by atoms with van der Waals surface area (Å²) in [6.45, 7) is -0.483. The number of carboxylic acids is 1. The number of amides is 1. The second-order valence-electron chi connectivity index (χ2n) is 6.32. The third-order valence-corrected chi connectivity index (χ3v) is 5.09. The second kappa shape index (κ2) is 10.1. The zero-order valence-corrected chi connectivity index (χ0v) is 18.9. The van der Waals surface area contributed by atoms with E-state index in [0.717, 1.165) is 10.8 Å². The van der Waals surface area contributed by atoms with Gasteiger partial charge in [0.1, 0.15) is 5.75 Å². The lowest BCUT2D eigenvalue weighted by atomic mass is 10.1. The molecule has 0 aromatic heterocycles. The van der Waals surface area contributed by atoms with E-state index in [1.54, 1.807) is 24.3 Å². The maximum absolute atomic E-state index is 12.6. The van der Waals surface area contributed by atoms with Crippen molar-refractivity contribution in [1.29, 1.82) is 0 Å². The van der Waals surface area contributed by atoms with E-state index in [9.17, 15) is 9.59 Å². The van der Waals surface area contributed by atoms with E-state index in [0.29, 0.717) is 31.9 Å². The number of fused-ring (bicyclic) bond motifs is 1. The quantitative estimate of drug-likeness (QED) is 0.260. The zero-order valence-electron chi connectivity index (χ0n) is 16.7. The molecule has 1 amide bonds. The minimum atomic E-state index is -1.09. The SMILES string of the molecule is COc1cc2ccccc2cc1C(=O)N/N=C\c1cc(I)c(OCC(=O)O)c(OC)c1. The van der Waals surface area contributed by atoms with Crippen LogP contribution in [0.4, 0.5) is 0 Å². The number of nitrogens with zero attached hydrogens (tertiary/aromatic N) is 1. The Balaban J connectivity index is 1.79. The highest BCUT2D eigenvalue weighted by molar-refractivity contribution is 14.1. The molecule has 31 heavy (non-hydrogen) atoms. The number of aliphatic carboxylic acids is 1. The number of carbonyl (C=O) groups excluding carboxylic acids is 1. The number of rotatable bonds is 8. The second-order valence-corrected chi connectivity index (χ2v) is 7.48. The number of halogens is 1. The fraction of sp³-hybridized carbons (Fsp3) is 0.136. The normalized spacial score (nSPS) is 10.8. The summed E-state index contributed by atoms with van der Waals surface area (Å²) in [6.07, 6.45) is 1.46. The number of benzene rings is 3. The molecular formula is C22H19IN2O6. The van der Waals surface area contributed by atoms with Crippen LogP contribution >= 0.6 is 22.6 Å². The van der Waals surface area contributed by atoms with E-state index in [1.165, 1.54) is 20.4 Å². The van der Waals surface area contributed by atoms with Crippen LogP contribution in [-0.2, 0) is 4.79 Å². The van der Waals surface area contributed by atoms with Gasteiger partial charge < -0.3 is 19.3 Å². The minimum absolute atomic E-state index is 0.326. The molecule has 0 radical (unpaired) electrons. The van der Waals surface area contributed by atoms with Crippen molar-refractivity contribution in [3.05, 3.63) is 63.2 Å². The van der Waals surface area contributed by atoms with Crippen molar-refractivity contribution in [3.63, 3.8) is 0 Å². The van der Waals surface area contributed by atoms with Crippen LogP contribution in [0.15, 0.2) is 53.6 Å². The van der Waals surface area contributed by atoms with Crippen molar-refractivity contribution < 1.29 is 28.9 Å². The van der Waals surface area contributed by atoms with Gasteiger partial charge in [-0.1, -0.05) is 24.3 Å². The van der Waals surface area contributed by atoms with Crippen LogP contribution in [0.5, 0.6) is 17.2 Å². The summed E-state index contributed by atoms with van der Waals surface area (Å²) in [5.41, 5.74) is 3.49. The fourth-order valence-corrected chi connectivity index (χ4v) is 3.66. The molecule has 0 spiro atoms. The predicted octanol–water partition coefficient (Wildman–Crippen LogP) is 3.69. The highest BCUT2D eigenvalue weighted by Crippen LogP contribution is 2.33. The molecule has 0 bridgehead atoms. The molecular weight excluding hydrogens is 515 g/mol. The molecule has 9 heteroatoms. The van der Waals surface area contributed by atoms with Crippen LogP contribution in [0.3, 0.4) is 0 Å². The lowest BCUT2D eigenvalue weighted by molar-refractivity contribution is -0.139. The molecule has 8 nitrogen and oxygen atoms in total. The van der Waals surface area contributed by atoms with Gasteiger partial charge in [0.15, 0.2) is 18.1 Å². The summed E-state index contributed by atoms with van der Waals surface area (Å²) in [7, 11) is 2.96. The number of nitrogens with one attached hydrogen (secondary N) is 1. The number of hydrogen-bond acceptors (Lipinski definition) is 6. The summed E-state index contributed by atoms with van der Waals surface area (Å²) in [6, 6.07) is 14.6. The number of carboxylic acid groups (broad SMARTS) is 1. The number of hydrazone groups is 1. The number of carbonyl (C=O) groups is 2. The summed E-state index contributed by atoms with van der Waals surface area (Å²) in [5.74, 6) is -0.371. The standard InChI is InChI=1S/C22H19IN2O6/c1-29-18-10-15-6-4-3-5-14(15)9-16(18)22(28)25-24-11-13-7-17(23)21(19(8-13)30-2)31-12-20(26)27/h3-11H,12H2,1-2H3,(H,25,28)(H,26,27)/b24-11-. The van der Waals surface area contributed by atoms with E-state index in [1.807, 2.05) is 46.9 Å². The predicted molar refractivity (Wildman–Crippen MR) is 124 cm³/mol. The Morgan fingerprint density at radius 3 is 2.39 bits per heavy atom.